The van der Waals surface area contributed by atoms with Crippen LogP contribution < -0.4 is 4.74 Å². The first-order valence-electron chi connectivity index (χ1n) is 12.3. The number of urea groups is 1. The maximum absolute atomic E-state index is 13.4. The lowest BCUT2D eigenvalue weighted by atomic mass is 10.1. The second-order valence-corrected chi connectivity index (χ2v) is 9.97. The number of nitrogens with zero attached hydrogens (tertiary/aromatic N) is 4. The van der Waals surface area contributed by atoms with Crippen molar-refractivity contribution in [3.63, 3.8) is 0 Å². The number of esters is 1. The van der Waals surface area contributed by atoms with Gasteiger partial charge < -0.3 is 19.3 Å². The highest BCUT2D eigenvalue weighted by Crippen LogP contribution is 2.20. The predicted octanol–water partition coefficient (Wildman–Crippen LogP) is 4.81. The fourth-order valence-corrected chi connectivity index (χ4v) is 4.16. The van der Waals surface area contributed by atoms with Gasteiger partial charge in [-0.1, -0.05) is 24.3 Å². The molecule has 0 N–H and O–H groups in total. The Labute approximate surface area is 212 Å². The first kappa shape index (κ1) is 25.3. The molecule has 0 aliphatic carbocycles. The standard InChI is InChI=1S/C28H34N4O4/c1-28(2,3)36-26(33)21-35-25-9-6-8-23(18-25)20-31(27(34)30-15-4-5-16-30)19-22-10-12-24(13-11-22)32-17-7-14-29-32/h6-14,17-18H,4-5,15-16,19-21H2,1-3H3. The molecule has 4 rings (SSSR count). The van der Waals surface area contributed by atoms with Crippen molar-refractivity contribution in [2.75, 3.05) is 19.7 Å². The normalized spacial score (nSPS) is 13.5. The molecule has 8 nitrogen and oxygen atoms in total. The summed E-state index contributed by atoms with van der Waals surface area (Å²) in [6, 6.07) is 17.5. The van der Waals surface area contributed by atoms with E-state index in [0.29, 0.717) is 18.8 Å². The summed E-state index contributed by atoms with van der Waals surface area (Å²) in [6.07, 6.45) is 5.71. The molecular formula is C28H34N4O4. The summed E-state index contributed by atoms with van der Waals surface area (Å²) in [5.74, 6) is 0.146. The minimum absolute atomic E-state index is 0.0312. The first-order valence-corrected chi connectivity index (χ1v) is 12.3. The van der Waals surface area contributed by atoms with Crippen molar-refractivity contribution < 1.29 is 19.1 Å². The van der Waals surface area contributed by atoms with Crippen LogP contribution in [0.1, 0.15) is 44.7 Å². The number of benzene rings is 2. The molecule has 0 radical (unpaired) electrons. The third-order valence-electron chi connectivity index (χ3n) is 5.77. The summed E-state index contributed by atoms with van der Waals surface area (Å²) in [4.78, 5) is 29.2. The van der Waals surface area contributed by atoms with Crippen LogP contribution in [0, 0.1) is 0 Å². The van der Waals surface area contributed by atoms with Crippen molar-refractivity contribution in [2.45, 2.75) is 52.3 Å². The molecule has 2 heterocycles. The van der Waals surface area contributed by atoms with Crippen LogP contribution in [0.2, 0.25) is 0 Å². The van der Waals surface area contributed by atoms with Gasteiger partial charge in [0.05, 0.1) is 5.69 Å². The van der Waals surface area contributed by atoms with Crippen LogP contribution in [0.25, 0.3) is 5.69 Å². The second kappa shape index (κ2) is 11.3. The van der Waals surface area contributed by atoms with E-state index >= 15 is 0 Å². The van der Waals surface area contributed by atoms with Gasteiger partial charge in [0.1, 0.15) is 11.4 Å². The number of carbonyl (C=O) groups is 2. The molecule has 1 saturated heterocycles. The zero-order chi connectivity index (χ0) is 25.5. The maximum atomic E-state index is 13.4. The Morgan fingerprint density at radius 2 is 1.69 bits per heavy atom. The number of hydrogen-bond donors (Lipinski definition) is 0. The molecule has 190 valence electrons. The molecule has 8 heteroatoms. The highest BCUT2D eigenvalue weighted by Gasteiger charge is 2.24. The molecule has 0 bridgehead atoms. The maximum Gasteiger partial charge on any atom is 0.344 e. The fraction of sp³-hybridized carbons (Fsp3) is 0.393. The lowest BCUT2D eigenvalue weighted by Crippen LogP contribution is -2.41. The zero-order valence-electron chi connectivity index (χ0n) is 21.2. The van der Waals surface area contributed by atoms with Gasteiger partial charge >= 0.3 is 12.0 Å². The Kier molecular flexibility index (Phi) is 7.93. The van der Waals surface area contributed by atoms with Crippen LogP contribution in [0.5, 0.6) is 5.75 Å². The molecule has 0 saturated carbocycles. The van der Waals surface area contributed by atoms with E-state index in [0.717, 1.165) is 42.7 Å². The van der Waals surface area contributed by atoms with Crippen molar-refractivity contribution in [2.24, 2.45) is 0 Å². The molecule has 2 aromatic carbocycles. The van der Waals surface area contributed by atoms with Gasteiger partial charge in [-0.15, -0.1) is 0 Å². The molecule has 36 heavy (non-hydrogen) atoms. The summed E-state index contributed by atoms with van der Waals surface area (Å²) < 4.78 is 12.8. The van der Waals surface area contributed by atoms with E-state index < -0.39 is 11.6 Å². The van der Waals surface area contributed by atoms with Crippen molar-refractivity contribution in [1.82, 2.24) is 19.6 Å². The fourth-order valence-electron chi connectivity index (χ4n) is 4.16. The topological polar surface area (TPSA) is 76.9 Å². The first-order chi connectivity index (χ1) is 17.3. The molecule has 1 aromatic heterocycles. The number of aromatic nitrogens is 2. The van der Waals surface area contributed by atoms with Crippen LogP contribution >= 0.6 is 0 Å². The molecule has 0 unspecified atom stereocenters. The van der Waals surface area contributed by atoms with Crippen LogP contribution in [0.15, 0.2) is 67.0 Å². The quantitative estimate of drug-likeness (QED) is 0.424. The van der Waals surface area contributed by atoms with Crippen LogP contribution in [-0.2, 0) is 22.6 Å². The molecule has 1 aliphatic rings. The monoisotopic (exact) mass is 490 g/mol. The van der Waals surface area contributed by atoms with Crippen LogP contribution in [-0.4, -0.2) is 56.9 Å². The van der Waals surface area contributed by atoms with Crippen LogP contribution in [0.3, 0.4) is 0 Å². The van der Waals surface area contributed by atoms with Gasteiger partial charge in [0.15, 0.2) is 6.61 Å². The summed E-state index contributed by atoms with van der Waals surface area (Å²) in [6.45, 7) is 7.78. The van der Waals surface area contributed by atoms with E-state index in [4.69, 9.17) is 9.47 Å². The highest BCUT2D eigenvalue weighted by molar-refractivity contribution is 5.75. The van der Waals surface area contributed by atoms with Crippen molar-refractivity contribution in [3.8, 4) is 11.4 Å². The van der Waals surface area contributed by atoms with E-state index in [1.54, 1.807) is 16.9 Å². The Balaban J connectivity index is 1.45. The minimum atomic E-state index is -0.560. The van der Waals surface area contributed by atoms with Gasteiger partial charge in [-0.2, -0.15) is 5.10 Å². The van der Waals surface area contributed by atoms with E-state index in [-0.39, 0.29) is 12.6 Å². The Morgan fingerprint density at radius 1 is 0.972 bits per heavy atom. The summed E-state index contributed by atoms with van der Waals surface area (Å²) in [7, 11) is 0. The number of ether oxygens (including phenoxy) is 2. The average Bonchev–Trinajstić information content (AvgIpc) is 3.56. The Bertz CT molecular complexity index is 1150. The number of carbonyl (C=O) groups excluding carboxylic acids is 2. The molecule has 1 aliphatic heterocycles. The molecule has 0 atom stereocenters. The van der Waals surface area contributed by atoms with Crippen molar-refractivity contribution in [1.29, 1.82) is 0 Å². The molecule has 2 amide bonds. The van der Waals surface area contributed by atoms with Gasteiger partial charge in [-0.25, -0.2) is 14.3 Å². The smallest absolute Gasteiger partial charge is 0.344 e. The molecule has 1 fully saturated rings. The molecule has 3 aromatic rings. The molecular weight excluding hydrogens is 456 g/mol. The van der Waals surface area contributed by atoms with Crippen molar-refractivity contribution >= 4 is 12.0 Å². The SMILES string of the molecule is CC(C)(C)OC(=O)COc1cccc(CN(Cc2ccc(-n3cccn3)cc2)C(=O)N2CCCC2)c1. The number of hydrogen-bond acceptors (Lipinski definition) is 5. The van der Waals surface area contributed by atoms with Crippen molar-refractivity contribution in [3.05, 3.63) is 78.1 Å². The highest BCUT2D eigenvalue weighted by atomic mass is 16.6. The summed E-state index contributed by atoms with van der Waals surface area (Å²) >= 11 is 0. The third-order valence-corrected chi connectivity index (χ3v) is 5.77. The van der Waals surface area contributed by atoms with Gasteiger partial charge in [-0.3, -0.25) is 0 Å². The molecule has 0 spiro atoms. The van der Waals surface area contributed by atoms with E-state index in [1.807, 2.05) is 85.3 Å². The Hall–Kier alpha value is -3.81. The zero-order valence-corrected chi connectivity index (χ0v) is 21.2. The van der Waals surface area contributed by atoms with Gasteiger partial charge in [0.2, 0.25) is 0 Å². The van der Waals surface area contributed by atoms with Gasteiger partial charge in [-0.05, 0) is 75.1 Å². The summed E-state index contributed by atoms with van der Waals surface area (Å²) in [5, 5.41) is 4.27. The average molecular weight is 491 g/mol. The van der Waals surface area contributed by atoms with E-state index in [2.05, 4.69) is 5.10 Å². The third kappa shape index (κ3) is 7.10. The van der Waals surface area contributed by atoms with E-state index in [9.17, 15) is 9.59 Å². The number of amides is 2. The summed E-state index contributed by atoms with van der Waals surface area (Å²) in [5.41, 5.74) is 2.37. The van der Waals surface area contributed by atoms with Crippen LogP contribution in [0.4, 0.5) is 4.79 Å². The largest absolute Gasteiger partial charge is 0.482 e. The lowest BCUT2D eigenvalue weighted by molar-refractivity contribution is -0.157. The second-order valence-electron chi connectivity index (χ2n) is 9.97. The van der Waals surface area contributed by atoms with Gasteiger partial charge in [0, 0.05) is 38.6 Å². The predicted molar refractivity (Wildman–Crippen MR) is 137 cm³/mol. The minimum Gasteiger partial charge on any atom is -0.482 e. The van der Waals surface area contributed by atoms with E-state index in [1.165, 1.54) is 0 Å². The number of likely N-dealkylation sites (tertiary alicyclic amines) is 1. The lowest BCUT2D eigenvalue weighted by Gasteiger charge is -2.28. The number of rotatable bonds is 8. The van der Waals surface area contributed by atoms with Gasteiger partial charge in [0.25, 0.3) is 0 Å². The Morgan fingerprint density at radius 3 is 2.36 bits per heavy atom.